The van der Waals surface area contributed by atoms with E-state index in [2.05, 4.69) is 12.2 Å². The van der Waals surface area contributed by atoms with Crippen LogP contribution < -0.4 is 10.1 Å². The average molecular weight is 405 g/mol. The number of nitrogens with one attached hydrogen (secondary N) is 1. The molecule has 156 valence electrons. The third kappa shape index (κ3) is 3.18. The van der Waals surface area contributed by atoms with Gasteiger partial charge in [0, 0.05) is 16.6 Å². The van der Waals surface area contributed by atoms with E-state index in [-0.39, 0.29) is 17.5 Å². The number of amides is 1. The molecule has 30 heavy (non-hydrogen) atoms. The first-order chi connectivity index (χ1) is 14.3. The minimum Gasteiger partial charge on any atom is -0.486 e. The Morgan fingerprint density at radius 1 is 1.17 bits per heavy atom. The summed E-state index contributed by atoms with van der Waals surface area (Å²) in [4.78, 5) is 26.1. The van der Waals surface area contributed by atoms with Crippen LogP contribution in [0.15, 0.2) is 34.7 Å². The molecular formula is C25H27NO4. The topological polar surface area (TPSA) is 68.5 Å². The van der Waals surface area contributed by atoms with Crippen LogP contribution in [0.3, 0.4) is 0 Å². The summed E-state index contributed by atoms with van der Waals surface area (Å²) in [5, 5.41) is 3.68. The second-order valence-electron chi connectivity index (χ2n) is 8.29. The number of furan rings is 1. The lowest BCUT2D eigenvalue weighted by atomic mass is 9.87. The summed E-state index contributed by atoms with van der Waals surface area (Å²) < 4.78 is 12.1. The van der Waals surface area contributed by atoms with E-state index in [1.165, 1.54) is 0 Å². The highest BCUT2D eigenvalue weighted by molar-refractivity contribution is 6.15. The summed E-state index contributed by atoms with van der Waals surface area (Å²) in [6.45, 7) is 9.81. The molecule has 0 radical (unpaired) electrons. The van der Waals surface area contributed by atoms with Gasteiger partial charge >= 0.3 is 0 Å². The predicted molar refractivity (Wildman–Crippen MR) is 118 cm³/mol. The maximum absolute atomic E-state index is 13.1. The molecule has 2 heterocycles. The third-order valence-corrected chi connectivity index (χ3v) is 6.16. The fourth-order valence-electron chi connectivity index (χ4n) is 4.20. The molecular weight excluding hydrogens is 378 g/mol. The van der Waals surface area contributed by atoms with E-state index < -0.39 is 5.60 Å². The molecule has 5 heteroatoms. The number of rotatable bonds is 4. The second kappa shape index (κ2) is 7.31. The van der Waals surface area contributed by atoms with Crippen molar-refractivity contribution < 1.29 is 18.7 Å². The summed E-state index contributed by atoms with van der Waals surface area (Å²) in [5.74, 6) is 0.490. The number of fused-ring (bicyclic) bond motifs is 3. The number of Topliss-reactive ketones (excluding diaryl/α,β-unsaturated/α-hetero) is 1. The zero-order valence-electron chi connectivity index (χ0n) is 18.1. The average Bonchev–Trinajstić information content (AvgIpc) is 3.06. The molecule has 1 aliphatic heterocycles. The van der Waals surface area contributed by atoms with Gasteiger partial charge in [-0.2, -0.15) is 0 Å². The van der Waals surface area contributed by atoms with Gasteiger partial charge in [-0.05, 0) is 56.9 Å². The SMILES string of the molecule is CCc1cccc(C)c1NC(=O)c1oc2ccc3c(c2c1C)C(=O)CC(C)(CC)O3. The van der Waals surface area contributed by atoms with Gasteiger partial charge < -0.3 is 14.5 Å². The monoisotopic (exact) mass is 405 g/mol. The van der Waals surface area contributed by atoms with Crippen molar-refractivity contribution >= 4 is 28.3 Å². The van der Waals surface area contributed by atoms with Crippen molar-refractivity contribution in [1.82, 2.24) is 0 Å². The molecule has 0 spiro atoms. The van der Waals surface area contributed by atoms with Crippen molar-refractivity contribution in [2.75, 3.05) is 5.32 Å². The standard InChI is InChI=1S/C25H27NO4/c1-6-16-10-8-9-14(3)22(16)26-24(28)23-15(4)20-18(29-23)11-12-19-21(20)17(27)13-25(5,7-2)30-19/h8-12H,6-7,13H2,1-5H3,(H,26,28). The first-order valence-electron chi connectivity index (χ1n) is 10.5. The lowest BCUT2D eigenvalue weighted by Gasteiger charge is -2.34. The summed E-state index contributed by atoms with van der Waals surface area (Å²) in [7, 11) is 0. The van der Waals surface area contributed by atoms with E-state index in [1.807, 2.05) is 45.9 Å². The van der Waals surface area contributed by atoms with Crippen molar-refractivity contribution in [2.45, 2.75) is 59.5 Å². The largest absolute Gasteiger partial charge is 0.486 e. The van der Waals surface area contributed by atoms with Crippen LogP contribution in [0, 0.1) is 13.8 Å². The Labute approximate surface area is 176 Å². The summed E-state index contributed by atoms with van der Waals surface area (Å²) >= 11 is 0. The summed E-state index contributed by atoms with van der Waals surface area (Å²) in [6.07, 6.45) is 1.86. The molecule has 2 aromatic carbocycles. The van der Waals surface area contributed by atoms with Crippen molar-refractivity contribution in [2.24, 2.45) is 0 Å². The minimum absolute atomic E-state index is 0.0224. The first kappa shape index (κ1) is 20.2. The molecule has 0 bridgehead atoms. The Morgan fingerprint density at radius 2 is 1.93 bits per heavy atom. The number of ether oxygens (including phenoxy) is 1. The second-order valence-corrected chi connectivity index (χ2v) is 8.29. The van der Waals surface area contributed by atoms with Crippen LogP contribution in [0.2, 0.25) is 0 Å². The molecule has 1 atom stereocenters. The number of anilines is 1. The minimum atomic E-state index is -0.503. The Kier molecular flexibility index (Phi) is 4.92. The number of carbonyl (C=O) groups excluding carboxylic acids is 2. The molecule has 1 aromatic heterocycles. The molecule has 5 nitrogen and oxygen atoms in total. The van der Waals surface area contributed by atoms with Crippen molar-refractivity contribution in [1.29, 1.82) is 0 Å². The predicted octanol–water partition coefficient (Wildman–Crippen LogP) is 6.00. The smallest absolute Gasteiger partial charge is 0.291 e. The van der Waals surface area contributed by atoms with Gasteiger partial charge in [-0.1, -0.05) is 32.0 Å². The van der Waals surface area contributed by atoms with Crippen molar-refractivity contribution in [3.05, 3.63) is 58.3 Å². The number of aryl methyl sites for hydroxylation is 3. The Balaban J connectivity index is 1.78. The molecule has 1 aliphatic rings. The molecule has 0 fully saturated rings. The fourth-order valence-corrected chi connectivity index (χ4v) is 4.20. The molecule has 0 saturated carbocycles. The molecule has 1 unspecified atom stereocenters. The molecule has 0 saturated heterocycles. The van der Waals surface area contributed by atoms with Crippen LogP contribution in [0.4, 0.5) is 5.69 Å². The highest BCUT2D eigenvalue weighted by Crippen LogP contribution is 2.41. The van der Waals surface area contributed by atoms with Gasteiger partial charge in [0.25, 0.3) is 5.91 Å². The Morgan fingerprint density at radius 3 is 2.63 bits per heavy atom. The van der Waals surface area contributed by atoms with Gasteiger partial charge in [-0.15, -0.1) is 0 Å². The van der Waals surface area contributed by atoms with Gasteiger partial charge in [0.1, 0.15) is 16.9 Å². The number of hydrogen-bond donors (Lipinski definition) is 1. The van der Waals surface area contributed by atoms with Crippen LogP contribution in [0.1, 0.15) is 71.2 Å². The normalized spacial score (nSPS) is 18.2. The lowest BCUT2D eigenvalue weighted by molar-refractivity contribution is 0.0503. The van der Waals surface area contributed by atoms with E-state index in [0.717, 1.165) is 29.7 Å². The van der Waals surface area contributed by atoms with Gasteiger partial charge in [0.15, 0.2) is 11.5 Å². The van der Waals surface area contributed by atoms with Crippen LogP contribution >= 0.6 is 0 Å². The lowest BCUT2D eigenvalue weighted by Crippen LogP contribution is -2.38. The third-order valence-electron chi connectivity index (χ3n) is 6.16. The first-order valence-corrected chi connectivity index (χ1v) is 10.5. The van der Waals surface area contributed by atoms with E-state index in [9.17, 15) is 9.59 Å². The maximum atomic E-state index is 13.1. The molecule has 3 aromatic rings. The van der Waals surface area contributed by atoms with Crippen molar-refractivity contribution in [3.8, 4) is 5.75 Å². The molecule has 1 amide bonds. The van der Waals surface area contributed by atoms with E-state index >= 15 is 0 Å². The molecule has 4 rings (SSSR count). The van der Waals surface area contributed by atoms with E-state index in [1.54, 1.807) is 12.1 Å². The highest BCUT2D eigenvalue weighted by atomic mass is 16.5. The van der Waals surface area contributed by atoms with Crippen LogP contribution in [-0.2, 0) is 6.42 Å². The zero-order chi connectivity index (χ0) is 21.6. The number of carbonyl (C=O) groups is 2. The van der Waals surface area contributed by atoms with Crippen LogP contribution in [-0.4, -0.2) is 17.3 Å². The highest BCUT2D eigenvalue weighted by Gasteiger charge is 2.37. The summed E-state index contributed by atoms with van der Waals surface area (Å²) in [5.41, 5.74) is 4.07. The molecule has 0 aliphatic carbocycles. The van der Waals surface area contributed by atoms with Gasteiger partial charge in [-0.3, -0.25) is 9.59 Å². The number of ketones is 1. The van der Waals surface area contributed by atoms with Gasteiger partial charge in [-0.25, -0.2) is 0 Å². The van der Waals surface area contributed by atoms with E-state index in [4.69, 9.17) is 9.15 Å². The number of para-hydroxylation sites is 1. The number of benzene rings is 2. The van der Waals surface area contributed by atoms with Gasteiger partial charge in [0.05, 0.1) is 12.0 Å². The maximum Gasteiger partial charge on any atom is 0.291 e. The Bertz CT molecular complexity index is 1170. The van der Waals surface area contributed by atoms with E-state index in [0.29, 0.717) is 34.3 Å². The fraction of sp³-hybridized carbons (Fsp3) is 0.360. The zero-order valence-corrected chi connectivity index (χ0v) is 18.1. The Hall–Kier alpha value is -3.08. The molecule has 1 N–H and O–H groups in total. The van der Waals surface area contributed by atoms with Crippen molar-refractivity contribution in [3.63, 3.8) is 0 Å². The number of hydrogen-bond acceptors (Lipinski definition) is 4. The van der Waals surface area contributed by atoms with Crippen LogP contribution in [0.5, 0.6) is 5.75 Å². The van der Waals surface area contributed by atoms with Crippen LogP contribution in [0.25, 0.3) is 11.0 Å². The van der Waals surface area contributed by atoms with Gasteiger partial charge in [0.2, 0.25) is 0 Å². The summed E-state index contributed by atoms with van der Waals surface area (Å²) in [6, 6.07) is 9.50. The quantitative estimate of drug-likeness (QED) is 0.578.